The highest BCUT2D eigenvalue weighted by Gasteiger charge is 2.22. The van der Waals surface area contributed by atoms with Crippen molar-refractivity contribution in [1.82, 2.24) is 0 Å². The van der Waals surface area contributed by atoms with Gasteiger partial charge in [-0.25, -0.2) is 13.2 Å². The van der Waals surface area contributed by atoms with Gasteiger partial charge in [0, 0.05) is 6.20 Å². The summed E-state index contributed by atoms with van der Waals surface area (Å²) in [6.45, 7) is 0. The van der Waals surface area contributed by atoms with Crippen molar-refractivity contribution < 1.29 is 17.9 Å². The molecule has 0 aliphatic carbocycles. The van der Waals surface area contributed by atoms with E-state index in [9.17, 15) is 13.2 Å². The molecule has 2 heterocycles. The number of hydrogen-bond donors (Lipinski definition) is 1. The zero-order valence-electron chi connectivity index (χ0n) is 11.3. The summed E-state index contributed by atoms with van der Waals surface area (Å²) in [5.74, 6) is -0.537. The first-order chi connectivity index (χ1) is 10.5. The third-order valence-corrected chi connectivity index (χ3v) is 6.51. The van der Waals surface area contributed by atoms with Crippen molar-refractivity contribution >= 4 is 44.2 Å². The van der Waals surface area contributed by atoms with Gasteiger partial charge in [0.25, 0.3) is 0 Å². The minimum Gasteiger partial charge on any atom is -0.465 e. The van der Waals surface area contributed by atoms with E-state index in [0.29, 0.717) is 10.6 Å². The number of carbonyl (C=O) groups excluding carboxylic acids is 1. The van der Waals surface area contributed by atoms with E-state index in [4.69, 9.17) is 5.26 Å². The maximum atomic E-state index is 12.2. The van der Waals surface area contributed by atoms with Crippen molar-refractivity contribution in [2.45, 2.75) is 4.21 Å². The fraction of sp³-hybridized carbons (Fsp3) is 0.0769. The number of sulfone groups is 1. The average molecular weight is 354 g/mol. The van der Waals surface area contributed by atoms with Gasteiger partial charge in [-0.15, -0.1) is 22.7 Å². The van der Waals surface area contributed by atoms with E-state index >= 15 is 0 Å². The highest BCUT2D eigenvalue weighted by Crippen LogP contribution is 2.26. The van der Waals surface area contributed by atoms with E-state index in [-0.39, 0.29) is 4.21 Å². The first-order valence-electron chi connectivity index (χ1n) is 5.82. The van der Waals surface area contributed by atoms with E-state index in [1.807, 2.05) is 0 Å². The first-order valence-corrected chi connectivity index (χ1v) is 9.06. The summed E-state index contributed by atoms with van der Waals surface area (Å²) in [6, 6.07) is 6.28. The Morgan fingerprint density at radius 1 is 1.36 bits per heavy atom. The molecule has 2 rings (SSSR count). The van der Waals surface area contributed by atoms with Gasteiger partial charge < -0.3 is 10.1 Å². The molecule has 0 amide bonds. The van der Waals surface area contributed by atoms with Gasteiger partial charge in [-0.1, -0.05) is 6.07 Å². The van der Waals surface area contributed by atoms with Crippen LogP contribution in [0.4, 0.5) is 5.69 Å². The summed E-state index contributed by atoms with van der Waals surface area (Å²) in [6.07, 6.45) is 1.07. The lowest BCUT2D eigenvalue weighted by Gasteiger charge is -2.03. The number of nitrogens with one attached hydrogen (secondary N) is 1. The summed E-state index contributed by atoms with van der Waals surface area (Å²) in [4.78, 5) is 11.4. The summed E-state index contributed by atoms with van der Waals surface area (Å²) < 4.78 is 29.2. The normalized spacial score (nSPS) is 11.7. The highest BCUT2D eigenvalue weighted by molar-refractivity contribution is 7.97. The van der Waals surface area contributed by atoms with Crippen molar-refractivity contribution in [2.75, 3.05) is 12.4 Å². The number of anilines is 1. The van der Waals surface area contributed by atoms with Gasteiger partial charge in [-0.3, -0.25) is 0 Å². The van der Waals surface area contributed by atoms with Crippen LogP contribution in [0.1, 0.15) is 9.67 Å². The number of allylic oxidation sites excluding steroid dienone is 1. The summed E-state index contributed by atoms with van der Waals surface area (Å²) in [5, 5.41) is 15.0. The second-order valence-electron chi connectivity index (χ2n) is 3.86. The molecule has 1 N–H and O–H groups in total. The first kappa shape index (κ1) is 16.2. The van der Waals surface area contributed by atoms with Crippen LogP contribution in [0, 0.1) is 11.3 Å². The molecular weight excluding hydrogens is 344 g/mol. The predicted octanol–water partition coefficient (Wildman–Crippen LogP) is 2.85. The minimum atomic E-state index is -3.86. The Morgan fingerprint density at radius 2 is 2.14 bits per heavy atom. The van der Waals surface area contributed by atoms with Crippen LogP contribution in [-0.2, 0) is 14.6 Å². The van der Waals surface area contributed by atoms with Crippen LogP contribution in [0.5, 0.6) is 0 Å². The standard InChI is InChI=1S/C13H10N2O4S3/c1-19-13(16)12-10(4-6-21-12)15-8-9(7-14)22(17,18)11-3-2-5-20-11/h2-6,8,15H,1H3. The number of ether oxygens (including phenoxy) is 1. The number of thiophene rings is 2. The van der Waals surface area contributed by atoms with Crippen LogP contribution >= 0.6 is 22.7 Å². The van der Waals surface area contributed by atoms with Gasteiger partial charge in [0.05, 0.1) is 12.8 Å². The molecule has 0 aromatic carbocycles. The van der Waals surface area contributed by atoms with Crippen LogP contribution in [0.2, 0.25) is 0 Å². The van der Waals surface area contributed by atoms with Crippen molar-refractivity contribution in [3.63, 3.8) is 0 Å². The number of nitrogens with zero attached hydrogens (tertiary/aromatic N) is 1. The number of nitriles is 1. The molecule has 0 atom stereocenters. The van der Waals surface area contributed by atoms with Gasteiger partial charge in [0.15, 0.2) is 4.91 Å². The molecule has 0 saturated carbocycles. The third-order valence-electron chi connectivity index (χ3n) is 2.55. The van der Waals surface area contributed by atoms with Crippen molar-refractivity contribution in [3.05, 3.63) is 44.9 Å². The molecule has 0 unspecified atom stereocenters. The van der Waals surface area contributed by atoms with Crippen molar-refractivity contribution in [1.29, 1.82) is 5.26 Å². The van der Waals surface area contributed by atoms with Gasteiger partial charge in [0.2, 0.25) is 9.84 Å². The second kappa shape index (κ2) is 6.74. The van der Waals surface area contributed by atoms with Gasteiger partial charge in [-0.05, 0) is 22.9 Å². The maximum Gasteiger partial charge on any atom is 0.350 e. The predicted molar refractivity (Wildman–Crippen MR) is 84.5 cm³/mol. The smallest absolute Gasteiger partial charge is 0.350 e. The lowest BCUT2D eigenvalue weighted by Crippen LogP contribution is -2.05. The molecule has 0 fully saturated rings. The summed E-state index contributed by atoms with van der Waals surface area (Å²) in [7, 11) is -2.60. The molecule has 22 heavy (non-hydrogen) atoms. The largest absolute Gasteiger partial charge is 0.465 e. The van der Waals surface area contributed by atoms with Crippen molar-refractivity contribution in [3.8, 4) is 6.07 Å². The van der Waals surface area contributed by atoms with Crippen LogP contribution in [0.15, 0.2) is 44.3 Å². The fourth-order valence-corrected chi connectivity index (χ4v) is 4.49. The van der Waals surface area contributed by atoms with E-state index in [2.05, 4.69) is 10.1 Å². The van der Waals surface area contributed by atoms with Gasteiger partial charge >= 0.3 is 5.97 Å². The zero-order chi connectivity index (χ0) is 16.2. The quantitative estimate of drug-likeness (QED) is 0.655. The Hall–Kier alpha value is -2.15. The molecule has 0 bridgehead atoms. The molecule has 114 valence electrons. The molecule has 0 radical (unpaired) electrons. The molecule has 0 aliphatic rings. The molecule has 2 aromatic rings. The number of hydrogen-bond acceptors (Lipinski definition) is 8. The molecule has 9 heteroatoms. The van der Waals surface area contributed by atoms with E-state index < -0.39 is 20.7 Å². The van der Waals surface area contributed by atoms with Gasteiger partial charge in [-0.2, -0.15) is 5.26 Å². The summed E-state index contributed by atoms with van der Waals surface area (Å²) in [5.41, 5.74) is 0.381. The van der Waals surface area contributed by atoms with Crippen LogP contribution in [-0.4, -0.2) is 21.5 Å². The Bertz CT molecular complexity index is 842. The van der Waals surface area contributed by atoms with Crippen LogP contribution in [0.25, 0.3) is 0 Å². The number of carbonyl (C=O) groups is 1. The fourth-order valence-electron chi connectivity index (χ4n) is 1.51. The molecule has 0 aliphatic heterocycles. The maximum absolute atomic E-state index is 12.2. The zero-order valence-corrected chi connectivity index (χ0v) is 13.7. The summed E-state index contributed by atoms with van der Waals surface area (Å²) >= 11 is 2.18. The van der Waals surface area contributed by atoms with E-state index in [0.717, 1.165) is 28.9 Å². The van der Waals surface area contributed by atoms with Crippen LogP contribution in [0.3, 0.4) is 0 Å². The molecule has 0 spiro atoms. The third kappa shape index (κ3) is 3.19. The highest BCUT2D eigenvalue weighted by atomic mass is 32.2. The molecule has 6 nitrogen and oxygen atoms in total. The monoisotopic (exact) mass is 354 g/mol. The van der Waals surface area contributed by atoms with E-state index in [1.54, 1.807) is 29.0 Å². The molecular formula is C13H10N2O4S3. The average Bonchev–Trinajstić information content (AvgIpc) is 3.18. The van der Waals surface area contributed by atoms with Crippen LogP contribution < -0.4 is 5.32 Å². The Labute approximate surface area is 135 Å². The second-order valence-corrected chi connectivity index (χ2v) is 7.86. The SMILES string of the molecule is COC(=O)c1sccc1NC=C(C#N)S(=O)(=O)c1cccs1. The van der Waals surface area contributed by atoms with Crippen molar-refractivity contribution in [2.24, 2.45) is 0 Å². The minimum absolute atomic E-state index is 0.0839. The molecule has 2 aromatic heterocycles. The number of esters is 1. The lowest BCUT2D eigenvalue weighted by atomic mass is 10.4. The van der Waals surface area contributed by atoms with Gasteiger partial charge in [0.1, 0.15) is 15.2 Å². The molecule has 0 saturated heterocycles. The Morgan fingerprint density at radius 3 is 2.73 bits per heavy atom. The topological polar surface area (TPSA) is 96.3 Å². The Balaban J connectivity index is 2.31. The van der Waals surface area contributed by atoms with E-state index in [1.165, 1.54) is 13.2 Å². The Kier molecular flexibility index (Phi) is 4.97. The lowest BCUT2D eigenvalue weighted by molar-refractivity contribution is 0.0607. The number of rotatable bonds is 5. The number of methoxy groups -OCH3 is 1.